The van der Waals surface area contributed by atoms with Crippen LogP contribution in [-0.4, -0.2) is 64.3 Å². The molecule has 0 aliphatic heterocycles. The van der Waals surface area contributed by atoms with E-state index in [-0.39, 0.29) is 20.8 Å². The predicted octanol–water partition coefficient (Wildman–Crippen LogP) is 5.83. The zero-order valence-electron chi connectivity index (χ0n) is 15.6. The first-order valence-corrected chi connectivity index (χ1v) is 9.40. The summed E-state index contributed by atoms with van der Waals surface area (Å²) in [5.74, 6) is 0. The van der Waals surface area contributed by atoms with Crippen molar-refractivity contribution in [2.45, 2.75) is 76.1 Å². The molecule has 3 unspecified atom stereocenters. The fourth-order valence-corrected chi connectivity index (χ4v) is 4.07. The summed E-state index contributed by atoms with van der Waals surface area (Å²) < 4.78 is 206. The molecule has 0 aromatic heterocycles. The van der Waals surface area contributed by atoms with E-state index in [1.165, 1.54) is 0 Å². The Labute approximate surface area is 170 Å². The Bertz CT molecular complexity index is 525. The van der Waals surface area contributed by atoms with Crippen molar-refractivity contribution in [3.05, 3.63) is 0 Å². The topological polar surface area (TPSA) is 36.9 Å². The molecule has 0 heterocycles. The Hall–Kier alpha value is -0.993. The number of hydrogen-bond donors (Lipinski definition) is 0. The summed E-state index contributed by atoms with van der Waals surface area (Å²) in [6, 6.07) is 0. The van der Waals surface area contributed by atoms with Gasteiger partial charge in [-0.15, -0.1) is 0 Å². The highest BCUT2D eigenvalue weighted by Gasteiger charge is 2.68. The van der Waals surface area contributed by atoms with Crippen LogP contribution in [0.25, 0.3) is 0 Å². The largest absolute Gasteiger partial charge is 0.682 e. The highest BCUT2D eigenvalue weighted by molar-refractivity contribution is 6.53. The summed E-state index contributed by atoms with van der Waals surface area (Å²) in [6.07, 6.45) is -46.2. The molecule has 0 N–H and O–H groups in total. The van der Waals surface area contributed by atoms with Crippen molar-refractivity contribution in [2.75, 3.05) is 0 Å². The van der Waals surface area contributed by atoms with Crippen LogP contribution in [0.15, 0.2) is 0 Å². The van der Waals surface area contributed by atoms with Gasteiger partial charge < -0.3 is 17.7 Å². The highest BCUT2D eigenvalue weighted by Crippen LogP contribution is 2.41. The van der Waals surface area contributed by atoms with Gasteiger partial charge >= 0.3 is 39.9 Å². The first kappa shape index (κ1) is 31.0. The molecule has 0 rings (SSSR count). The minimum absolute atomic E-state index is 0.148. The molecule has 20 heteroatoms. The third kappa shape index (κ3) is 9.47. The van der Waals surface area contributed by atoms with Crippen LogP contribution in [0.1, 0.15) is 20.8 Å². The molecule has 0 radical (unpaired) electrons. The van der Waals surface area contributed by atoms with Gasteiger partial charge in [-0.3, -0.25) is 0 Å². The molecular formula is C12H13F15O4Si. The maximum absolute atomic E-state index is 12.8. The number of rotatable bonds is 8. The molecular weight excluding hydrogens is 521 g/mol. The SMILES string of the molecule is CC(O[Si](OC(C)C(F)(F)F)(OC(C)C(F)(F)F)OC(C(F)(F)F)C(F)(F)F)C(F)(F)F. The van der Waals surface area contributed by atoms with Gasteiger partial charge in [-0.2, -0.15) is 65.9 Å². The van der Waals surface area contributed by atoms with E-state index >= 15 is 0 Å². The lowest BCUT2D eigenvalue weighted by Gasteiger charge is -2.38. The van der Waals surface area contributed by atoms with E-state index in [0.717, 1.165) is 0 Å². The second kappa shape index (κ2) is 9.70. The molecule has 0 saturated carbocycles. The average Bonchev–Trinajstić information content (AvgIpc) is 2.47. The molecule has 0 aliphatic carbocycles. The molecule has 0 fully saturated rings. The second-order valence-corrected chi connectivity index (χ2v) is 7.93. The zero-order chi connectivity index (χ0) is 26.1. The van der Waals surface area contributed by atoms with E-state index in [0.29, 0.717) is 0 Å². The van der Waals surface area contributed by atoms with Gasteiger partial charge in [-0.1, -0.05) is 0 Å². The monoisotopic (exact) mass is 534 g/mol. The minimum atomic E-state index is -7.20. The lowest BCUT2D eigenvalue weighted by atomic mass is 10.3. The van der Waals surface area contributed by atoms with Gasteiger partial charge in [0.05, 0.1) is 0 Å². The van der Waals surface area contributed by atoms with Crippen LogP contribution in [0, 0.1) is 0 Å². The van der Waals surface area contributed by atoms with Crippen molar-refractivity contribution in [3.8, 4) is 0 Å². The Balaban J connectivity index is 6.73. The van der Waals surface area contributed by atoms with Gasteiger partial charge in [0.15, 0.2) is 0 Å². The maximum atomic E-state index is 12.8. The number of hydrogen-bond acceptors (Lipinski definition) is 4. The Kier molecular flexibility index (Phi) is 9.40. The van der Waals surface area contributed by atoms with Crippen LogP contribution in [0.2, 0.25) is 0 Å². The van der Waals surface area contributed by atoms with E-state index in [1.807, 2.05) is 0 Å². The normalized spacial score (nSPS) is 19.6. The standard InChI is InChI=1S/C12H13F15O4Si/c1-4(8(13,14)15)28-32(29-5(2)9(16,17)18,30-6(3)10(19,20)21)31-7(11(22,23)24)12(25,26)27/h4-7H,1-3H3. The van der Waals surface area contributed by atoms with Gasteiger partial charge in [-0.05, 0) is 20.8 Å². The third-order valence-electron chi connectivity index (χ3n) is 3.20. The quantitative estimate of drug-likeness (QED) is 0.290. The van der Waals surface area contributed by atoms with Crippen LogP contribution >= 0.6 is 0 Å². The summed E-state index contributed by atoms with van der Waals surface area (Å²) in [5, 5.41) is 0. The van der Waals surface area contributed by atoms with E-state index in [4.69, 9.17) is 0 Å². The molecule has 3 atom stereocenters. The van der Waals surface area contributed by atoms with E-state index in [2.05, 4.69) is 17.7 Å². The van der Waals surface area contributed by atoms with Crippen molar-refractivity contribution in [1.29, 1.82) is 0 Å². The van der Waals surface area contributed by atoms with Crippen LogP contribution in [0.3, 0.4) is 0 Å². The molecule has 32 heavy (non-hydrogen) atoms. The predicted molar refractivity (Wildman–Crippen MR) is 72.5 cm³/mol. The zero-order valence-corrected chi connectivity index (χ0v) is 16.6. The summed E-state index contributed by atoms with van der Waals surface area (Å²) in [4.78, 5) is 0. The molecule has 0 aromatic carbocycles. The minimum Gasteiger partial charge on any atom is -0.339 e. The summed E-state index contributed by atoms with van der Waals surface area (Å²) in [5.41, 5.74) is 0. The van der Waals surface area contributed by atoms with Crippen molar-refractivity contribution < 1.29 is 83.6 Å². The van der Waals surface area contributed by atoms with Gasteiger partial charge in [0.25, 0.3) is 0 Å². The molecule has 4 nitrogen and oxygen atoms in total. The second-order valence-electron chi connectivity index (χ2n) is 5.99. The first-order valence-electron chi connectivity index (χ1n) is 7.77. The van der Waals surface area contributed by atoms with Crippen molar-refractivity contribution >= 4 is 9.05 Å². The van der Waals surface area contributed by atoms with Crippen LogP contribution < -0.4 is 0 Å². The molecule has 0 bridgehead atoms. The van der Waals surface area contributed by atoms with E-state index in [9.17, 15) is 65.9 Å². The maximum Gasteiger partial charge on any atom is 0.682 e. The highest BCUT2D eigenvalue weighted by atomic mass is 28.4. The Morgan fingerprint density at radius 3 is 0.781 bits per heavy atom. The molecule has 0 amide bonds. The van der Waals surface area contributed by atoms with Crippen molar-refractivity contribution in [2.24, 2.45) is 0 Å². The first-order chi connectivity index (χ1) is 13.7. The molecule has 0 saturated heterocycles. The smallest absolute Gasteiger partial charge is 0.339 e. The van der Waals surface area contributed by atoms with Gasteiger partial charge in [0.2, 0.25) is 6.10 Å². The van der Waals surface area contributed by atoms with Gasteiger partial charge in [0.1, 0.15) is 18.3 Å². The van der Waals surface area contributed by atoms with Gasteiger partial charge in [0, 0.05) is 0 Å². The lowest BCUT2D eigenvalue weighted by Crippen LogP contribution is -2.63. The number of alkyl halides is 15. The Morgan fingerprint density at radius 2 is 0.625 bits per heavy atom. The van der Waals surface area contributed by atoms with Crippen LogP contribution in [0.4, 0.5) is 65.9 Å². The van der Waals surface area contributed by atoms with Crippen LogP contribution in [-0.2, 0) is 17.7 Å². The summed E-state index contributed by atoms with van der Waals surface area (Å²) in [7, 11) is -7.20. The molecule has 194 valence electrons. The molecule has 0 spiro atoms. The Morgan fingerprint density at radius 1 is 0.406 bits per heavy atom. The average molecular weight is 534 g/mol. The molecule has 0 aliphatic rings. The fraction of sp³-hybridized carbons (Fsp3) is 1.00. The van der Waals surface area contributed by atoms with Crippen molar-refractivity contribution in [1.82, 2.24) is 0 Å². The van der Waals surface area contributed by atoms with Crippen molar-refractivity contribution in [3.63, 3.8) is 0 Å². The summed E-state index contributed by atoms with van der Waals surface area (Å²) >= 11 is 0. The lowest BCUT2D eigenvalue weighted by molar-refractivity contribution is -0.327. The van der Waals surface area contributed by atoms with Gasteiger partial charge in [-0.25, -0.2) is 0 Å². The number of halogens is 15. The van der Waals surface area contributed by atoms with E-state index < -0.39 is 64.3 Å². The third-order valence-corrected chi connectivity index (χ3v) is 5.65. The fourth-order valence-electron chi connectivity index (χ4n) is 1.48. The van der Waals surface area contributed by atoms with Crippen LogP contribution in [0.5, 0.6) is 0 Å². The molecule has 0 aromatic rings. The van der Waals surface area contributed by atoms with E-state index in [1.54, 1.807) is 0 Å². The summed E-state index contributed by atoms with van der Waals surface area (Å²) in [6.45, 7) is -0.445.